The molecule has 0 atom stereocenters. The first kappa shape index (κ1) is 20.5. The third kappa shape index (κ3) is 3.64. The standard InChI is InChI=1S/C23H17ClN6O3/c1-33-20-11-19(29-8-4-5-9-29)16(24)10-14(20)23(32)28-17-6-2-3-7-18(17)30-21-15(12-27-30)22(31)26-13-25-21/h2-13H,1H3,(H,28,32)(H,25,26,31). The van der Waals surface area contributed by atoms with Gasteiger partial charge < -0.3 is 19.6 Å². The fourth-order valence-corrected chi connectivity index (χ4v) is 3.83. The number of fused-ring (bicyclic) bond motifs is 1. The number of H-pyrrole nitrogens is 1. The number of carbonyl (C=O) groups is 1. The molecule has 5 aromatic rings. The second kappa shape index (κ2) is 8.29. The van der Waals surface area contributed by atoms with E-state index in [1.807, 2.05) is 29.1 Å². The molecule has 0 saturated carbocycles. The molecule has 3 aromatic heterocycles. The molecule has 0 unspecified atom stereocenters. The van der Waals surface area contributed by atoms with Crippen molar-refractivity contribution in [3.63, 3.8) is 0 Å². The number of aromatic nitrogens is 5. The molecule has 0 fully saturated rings. The lowest BCUT2D eigenvalue weighted by Crippen LogP contribution is -2.16. The highest BCUT2D eigenvalue weighted by molar-refractivity contribution is 6.33. The van der Waals surface area contributed by atoms with Crippen molar-refractivity contribution >= 4 is 34.2 Å². The largest absolute Gasteiger partial charge is 0.496 e. The van der Waals surface area contributed by atoms with E-state index in [2.05, 4.69) is 20.4 Å². The second-order valence-electron chi connectivity index (χ2n) is 7.09. The van der Waals surface area contributed by atoms with Crippen LogP contribution in [0.1, 0.15) is 10.4 Å². The number of methoxy groups -OCH3 is 1. The fourth-order valence-electron chi connectivity index (χ4n) is 3.57. The maximum absolute atomic E-state index is 13.2. The summed E-state index contributed by atoms with van der Waals surface area (Å²) in [5.41, 5.74) is 2.06. The highest BCUT2D eigenvalue weighted by Gasteiger charge is 2.19. The third-order valence-corrected chi connectivity index (χ3v) is 5.45. The number of aromatic amines is 1. The summed E-state index contributed by atoms with van der Waals surface area (Å²) in [4.78, 5) is 32.0. The van der Waals surface area contributed by atoms with Gasteiger partial charge in [-0.05, 0) is 30.3 Å². The minimum absolute atomic E-state index is 0.271. The average Bonchev–Trinajstić information content (AvgIpc) is 3.50. The van der Waals surface area contributed by atoms with Crippen molar-refractivity contribution in [3.05, 3.63) is 94.4 Å². The molecule has 0 radical (unpaired) electrons. The summed E-state index contributed by atoms with van der Waals surface area (Å²) in [6, 6.07) is 14.1. The molecule has 2 N–H and O–H groups in total. The quantitative estimate of drug-likeness (QED) is 0.414. The number of anilines is 1. The Morgan fingerprint density at radius 3 is 2.70 bits per heavy atom. The number of halogens is 1. The Kier molecular flexibility index (Phi) is 5.15. The van der Waals surface area contributed by atoms with Crippen LogP contribution < -0.4 is 15.6 Å². The zero-order valence-electron chi connectivity index (χ0n) is 17.3. The van der Waals surface area contributed by atoms with Gasteiger partial charge in [0.15, 0.2) is 5.65 Å². The molecule has 0 saturated heterocycles. The molecule has 0 aliphatic carbocycles. The summed E-state index contributed by atoms with van der Waals surface area (Å²) in [6.45, 7) is 0. The van der Waals surface area contributed by atoms with E-state index in [1.54, 1.807) is 36.4 Å². The smallest absolute Gasteiger partial charge is 0.261 e. The first-order valence-electron chi connectivity index (χ1n) is 9.90. The third-order valence-electron chi connectivity index (χ3n) is 5.15. The molecule has 9 nitrogen and oxygen atoms in total. The van der Waals surface area contributed by atoms with Crippen molar-refractivity contribution in [3.8, 4) is 17.1 Å². The van der Waals surface area contributed by atoms with Crippen LogP contribution in [0.4, 0.5) is 5.69 Å². The molecule has 0 bridgehead atoms. The zero-order valence-corrected chi connectivity index (χ0v) is 18.1. The van der Waals surface area contributed by atoms with Crippen LogP contribution in [-0.2, 0) is 0 Å². The van der Waals surface area contributed by atoms with Gasteiger partial charge in [0.25, 0.3) is 11.5 Å². The van der Waals surface area contributed by atoms with Crippen LogP contribution in [0.2, 0.25) is 5.02 Å². The first-order chi connectivity index (χ1) is 16.1. The summed E-state index contributed by atoms with van der Waals surface area (Å²) in [7, 11) is 1.49. The highest BCUT2D eigenvalue weighted by Crippen LogP contribution is 2.31. The Bertz CT molecular complexity index is 1540. The Labute approximate surface area is 192 Å². The summed E-state index contributed by atoms with van der Waals surface area (Å²) >= 11 is 6.48. The van der Waals surface area contributed by atoms with Crippen LogP contribution in [0.15, 0.2) is 78.2 Å². The SMILES string of the molecule is COc1cc(-n2cccc2)c(Cl)cc1C(=O)Nc1ccccc1-n1ncc2c(=O)[nH]cnc21. The van der Waals surface area contributed by atoms with E-state index in [0.29, 0.717) is 38.9 Å². The summed E-state index contributed by atoms with van der Waals surface area (Å²) < 4.78 is 8.80. The number of nitrogens with one attached hydrogen (secondary N) is 2. The van der Waals surface area contributed by atoms with Gasteiger partial charge >= 0.3 is 0 Å². The molecule has 0 aliphatic heterocycles. The molecule has 33 heavy (non-hydrogen) atoms. The van der Waals surface area contributed by atoms with Crippen LogP contribution in [0.3, 0.4) is 0 Å². The minimum Gasteiger partial charge on any atom is -0.496 e. The molecule has 1 amide bonds. The number of hydrogen-bond acceptors (Lipinski definition) is 5. The number of carbonyl (C=O) groups excluding carboxylic acids is 1. The van der Waals surface area contributed by atoms with Crippen LogP contribution in [-0.4, -0.2) is 37.3 Å². The molecule has 2 aromatic carbocycles. The Hall–Kier alpha value is -4.37. The molecule has 0 aliphatic rings. The van der Waals surface area contributed by atoms with Crippen molar-refractivity contribution in [2.45, 2.75) is 0 Å². The first-order valence-corrected chi connectivity index (χ1v) is 10.3. The van der Waals surface area contributed by atoms with Crippen LogP contribution >= 0.6 is 11.6 Å². The van der Waals surface area contributed by atoms with Gasteiger partial charge in [0, 0.05) is 18.5 Å². The molecule has 10 heteroatoms. The summed E-state index contributed by atoms with van der Waals surface area (Å²) in [5.74, 6) is -0.0432. The van der Waals surface area contributed by atoms with E-state index in [1.165, 1.54) is 24.3 Å². The van der Waals surface area contributed by atoms with E-state index in [9.17, 15) is 9.59 Å². The predicted octanol–water partition coefficient (Wildman–Crippen LogP) is 3.81. The monoisotopic (exact) mass is 460 g/mol. The Morgan fingerprint density at radius 2 is 1.91 bits per heavy atom. The van der Waals surface area contributed by atoms with E-state index < -0.39 is 5.91 Å². The number of rotatable bonds is 5. The van der Waals surface area contributed by atoms with E-state index >= 15 is 0 Å². The fraction of sp³-hybridized carbons (Fsp3) is 0.0435. The van der Waals surface area contributed by atoms with Crippen LogP contribution in [0.5, 0.6) is 5.75 Å². The second-order valence-corrected chi connectivity index (χ2v) is 7.50. The maximum Gasteiger partial charge on any atom is 0.261 e. The minimum atomic E-state index is -0.414. The number of benzene rings is 2. The molecular weight excluding hydrogens is 444 g/mol. The highest BCUT2D eigenvalue weighted by atomic mass is 35.5. The molecule has 0 spiro atoms. The van der Waals surface area contributed by atoms with Crippen molar-refractivity contribution in [2.75, 3.05) is 12.4 Å². The molecular formula is C23H17ClN6O3. The number of amides is 1. The van der Waals surface area contributed by atoms with Gasteiger partial charge in [0.1, 0.15) is 11.1 Å². The van der Waals surface area contributed by atoms with Crippen LogP contribution in [0, 0.1) is 0 Å². The lowest BCUT2D eigenvalue weighted by molar-refractivity contribution is 0.102. The zero-order chi connectivity index (χ0) is 22.9. The molecule has 5 rings (SSSR count). The van der Waals surface area contributed by atoms with Crippen molar-refractivity contribution in [1.29, 1.82) is 0 Å². The van der Waals surface area contributed by atoms with E-state index in [0.717, 1.165) is 0 Å². The summed E-state index contributed by atoms with van der Waals surface area (Å²) in [5, 5.41) is 7.92. The number of ether oxygens (including phenoxy) is 1. The number of nitrogens with zero attached hydrogens (tertiary/aromatic N) is 4. The van der Waals surface area contributed by atoms with Crippen molar-refractivity contribution < 1.29 is 9.53 Å². The Balaban J connectivity index is 1.54. The molecule has 3 heterocycles. The Morgan fingerprint density at radius 1 is 1.12 bits per heavy atom. The predicted molar refractivity (Wildman–Crippen MR) is 125 cm³/mol. The number of para-hydroxylation sites is 2. The van der Waals surface area contributed by atoms with E-state index in [4.69, 9.17) is 16.3 Å². The lowest BCUT2D eigenvalue weighted by atomic mass is 10.1. The van der Waals surface area contributed by atoms with Gasteiger partial charge in [-0.1, -0.05) is 23.7 Å². The average molecular weight is 461 g/mol. The van der Waals surface area contributed by atoms with Gasteiger partial charge in [-0.3, -0.25) is 9.59 Å². The number of hydrogen-bond donors (Lipinski definition) is 2. The van der Waals surface area contributed by atoms with Crippen LogP contribution in [0.25, 0.3) is 22.4 Å². The maximum atomic E-state index is 13.2. The van der Waals surface area contributed by atoms with Gasteiger partial charge in [-0.25, -0.2) is 9.67 Å². The van der Waals surface area contributed by atoms with Gasteiger partial charge in [-0.15, -0.1) is 0 Å². The van der Waals surface area contributed by atoms with E-state index in [-0.39, 0.29) is 11.1 Å². The normalized spacial score (nSPS) is 11.0. The van der Waals surface area contributed by atoms with Gasteiger partial charge in [0.05, 0.1) is 47.3 Å². The van der Waals surface area contributed by atoms with Crippen molar-refractivity contribution in [1.82, 2.24) is 24.3 Å². The topological polar surface area (TPSA) is 107 Å². The van der Waals surface area contributed by atoms with Crippen molar-refractivity contribution in [2.24, 2.45) is 0 Å². The summed E-state index contributed by atoms with van der Waals surface area (Å²) in [6.07, 6.45) is 6.44. The van der Waals surface area contributed by atoms with Gasteiger partial charge in [0.2, 0.25) is 0 Å². The van der Waals surface area contributed by atoms with Gasteiger partial charge in [-0.2, -0.15) is 5.10 Å². The lowest BCUT2D eigenvalue weighted by Gasteiger charge is -2.15. The molecule has 164 valence electrons.